The van der Waals surface area contributed by atoms with Crippen LogP contribution in [0.1, 0.15) is 12.5 Å². The summed E-state index contributed by atoms with van der Waals surface area (Å²) in [6, 6.07) is 11.3. The Morgan fingerprint density at radius 1 is 1.32 bits per heavy atom. The molecule has 0 N–H and O–H groups in total. The normalized spacial score (nSPS) is 11.8. The Labute approximate surface area is 173 Å². The summed E-state index contributed by atoms with van der Waals surface area (Å²) >= 11 is 4.86. The van der Waals surface area contributed by atoms with Crippen LogP contribution in [0.4, 0.5) is 0 Å². The summed E-state index contributed by atoms with van der Waals surface area (Å²) < 4.78 is 14.2. The summed E-state index contributed by atoms with van der Waals surface area (Å²) in [6.07, 6.45) is 7.11. The van der Waals surface area contributed by atoms with Gasteiger partial charge >= 0.3 is 0 Å². The third-order valence-electron chi connectivity index (χ3n) is 4.07. The first-order valence-corrected chi connectivity index (χ1v) is 10.2. The van der Waals surface area contributed by atoms with Crippen LogP contribution in [-0.4, -0.2) is 22.6 Å². The van der Waals surface area contributed by atoms with Crippen LogP contribution in [0.2, 0.25) is 0 Å². The molecule has 0 aliphatic carbocycles. The van der Waals surface area contributed by atoms with Crippen molar-refractivity contribution in [2.75, 3.05) is 13.2 Å². The van der Waals surface area contributed by atoms with E-state index in [4.69, 9.17) is 15.9 Å². The van der Waals surface area contributed by atoms with Crippen LogP contribution in [-0.2, 0) is 0 Å². The Kier molecular flexibility index (Phi) is 5.07. The van der Waals surface area contributed by atoms with Gasteiger partial charge in [0, 0.05) is 0 Å². The lowest BCUT2D eigenvalue weighted by atomic mass is 10.2. The number of ether oxygens (including phenoxy) is 2. The number of nitrogens with zero attached hydrogens (tertiary/aromatic N) is 2. The van der Waals surface area contributed by atoms with E-state index in [1.807, 2.05) is 49.4 Å². The van der Waals surface area contributed by atoms with Gasteiger partial charge in [0.1, 0.15) is 6.61 Å². The number of hydrogen-bond donors (Lipinski definition) is 0. The number of halogens is 1. The third-order valence-corrected chi connectivity index (χ3v) is 5.63. The van der Waals surface area contributed by atoms with Crippen molar-refractivity contribution in [3.63, 3.8) is 0 Å². The van der Waals surface area contributed by atoms with Crippen LogP contribution >= 0.6 is 27.3 Å². The Morgan fingerprint density at radius 2 is 2.14 bits per heavy atom. The second-order valence-electron chi connectivity index (χ2n) is 5.89. The molecule has 0 saturated heterocycles. The number of terminal acetylenes is 1. The van der Waals surface area contributed by atoms with Gasteiger partial charge in [-0.25, -0.2) is 9.38 Å². The molecule has 0 fully saturated rings. The molecule has 2 heterocycles. The molecule has 0 spiro atoms. The first kappa shape index (κ1) is 18.5. The minimum Gasteiger partial charge on any atom is -0.490 e. The van der Waals surface area contributed by atoms with Crippen molar-refractivity contribution >= 4 is 49.3 Å². The number of benzene rings is 2. The number of hydrogen-bond acceptors (Lipinski definition) is 5. The number of imidazole rings is 1. The lowest BCUT2D eigenvalue weighted by Gasteiger charge is -2.13. The second kappa shape index (κ2) is 7.66. The van der Waals surface area contributed by atoms with Gasteiger partial charge in [0.05, 0.1) is 26.6 Å². The SMILES string of the molecule is C#CCOc1c(Br)cc(/C=c2\sc3nc4ccccc4n3c2=O)cc1OCC. The Morgan fingerprint density at radius 3 is 2.93 bits per heavy atom. The zero-order chi connectivity index (χ0) is 19.7. The molecule has 7 heteroatoms. The maximum Gasteiger partial charge on any atom is 0.274 e. The van der Waals surface area contributed by atoms with Crippen molar-refractivity contribution in [3.05, 3.63) is 61.3 Å². The molecular weight excluding hydrogens is 440 g/mol. The van der Waals surface area contributed by atoms with E-state index in [9.17, 15) is 4.79 Å². The van der Waals surface area contributed by atoms with Gasteiger partial charge < -0.3 is 9.47 Å². The third kappa shape index (κ3) is 3.26. The largest absolute Gasteiger partial charge is 0.490 e. The van der Waals surface area contributed by atoms with E-state index in [0.29, 0.717) is 32.1 Å². The zero-order valence-electron chi connectivity index (χ0n) is 14.9. The molecule has 0 bridgehead atoms. The molecule has 28 heavy (non-hydrogen) atoms. The predicted octanol–water partition coefficient (Wildman–Crippen LogP) is 3.63. The molecule has 0 unspecified atom stereocenters. The topological polar surface area (TPSA) is 52.8 Å². The molecular formula is C21H15BrN2O3S. The Balaban J connectivity index is 1.85. The highest BCUT2D eigenvalue weighted by molar-refractivity contribution is 9.10. The quantitative estimate of drug-likeness (QED) is 0.432. The van der Waals surface area contributed by atoms with E-state index in [0.717, 1.165) is 16.6 Å². The molecule has 5 nitrogen and oxygen atoms in total. The van der Waals surface area contributed by atoms with Gasteiger partial charge in [-0.05, 0) is 58.8 Å². The van der Waals surface area contributed by atoms with Crippen molar-refractivity contribution in [2.45, 2.75) is 6.92 Å². The molecule has 0 atom stereocenters. The first-order chi connectivity index (χ1) is 13.6. The van der Waals surface area contributed by atoms with Gasteiger partial charge in [-0.1, -0.05) is 29.4 Å². The number of aromatic nitrogens is 2. The van der Waals surface area contributed by atoms with Crippen molar-refractivity contribution in [3.8, 4) is 23.8 Å². The summed E-state index contributed by atoms with van der Waals surface area (Å²) in [4.78, 5) is 18.1. The average molecular weight is 455 g/mol. The van der Waals surface area contributed by atoms with E-state index in [1.165, 1.54) is 11.3 Å². The van der Waals surface area contributed by atoms with E-state index < -0.39 is 0 Å². The molecule has 0 aliphatic rings. The highest BCUT2D eigenvalue weighted by Crippen LogP contribution is 2.37. The molecule has 0 saturated carbocycles. The van der Waals surface area contributed by atoms with Crippen LogP contribution in [0.5, 0.6) is 11.5 Å². The fourth-order valence-corrected chi connectivity index (χ4v) is 4.51. The van der Waals surface area contributed by atoms with E-state index in [-0.39, 0.29) is 12.2 Å². The Hall–Kier alpha value is -2.82. The molecule has 4 aromatic rings. The standard InChI is InChI=1S/C21H15BrN2O3S/c1-3-9-27-19-14(22)10-13(11-17(19)26-4-2)12-18-20(25)24-16-8-6-5-7-15(16)23-21(24)28-18/h1,5-8,10-12H,4,9H2,2H3/b18-12-. The van der Waals surface area contributed by atoms with Crippen LogP contribution in [0.3, 0.4) is 0 Å². The highest BCUT2D eigenvalue weighted by Gasteiger charge is 2.13. The fraction of sp³-hybridized carbons (Fsp3) is 0.143. The molecule has 2 aromatic carbocycles. The van der Waals surface area contributed by atoms with Crippen molar-refractivity contribution in [1.29, 1.82) is 0 Å². The molecule has 140 valence electrons. The van der Waals surface area contributed by atoms with Gasteiger partial charge in [0.2, 0.25) is 0 Å². The molecule has 0 radical (unpaired) electrons. The lowest BCUT2D eigenvalue weighted by Crippen LogP contribution is -2.22. The van der Waals surface area contributed by atoms with Gasteiger partial charge in [-0.15, -0.1) is 6.42 Å². The van der Waals surface area contributed by atoms with Crippen molar-refractivity contribution in [1.82, 2.24) is 9.38 Å². The van der Waals surface area contributed by atoms with Gasteiger partial charge in [0.25, 0.3) is 5.56 Å². The second-order valence-corrected chi connectivity index (χ2v) is 7.75. The number of thiazole rings is 1. The minimum atomic E-state index is -0.0876. The Bertz CT molecular complexity index is 1330. The van der Waals surface area contributed by atoms with Crippen LogP contribution in [0, 0.1) is 12.3 Å². The molecule has 4 rings (SSSR count). The fourth-order valence-electron chi connectivity index (χ4n) is 2.95. The molecule has 2 aromatic heterocycles. The van der Waals surface area contributed by atoms with Gasteiger partial charge in [0.15, 0.2) is 16.5 Å². The summed E-state index contributed by atoms with van der Waals surface area (Å²) in [5, 5.41) is 0. The molecule has 0 amide bonds. The predicted molar refractivity (Wildman–Crippen MR) is 115 cm³/mol. The lowest BCUT2D eigenvalue weighted by molar-refractivity contribution is 0.298. The first-order valence-electron chi connectivity index (χ1n) is 8.56. The van der Waals surface area contributed by atoms with E-state index in [2.05, 4.69) is 26.8 Å². The maximum atomic E-state index is 12.9. The smallest absolute Gasteiger partial charge is 0.274 e. The maximum absolute atomic E-state index is 12.9. The number of para-hydroxylation sites is 2. The van der Waals surface area contributed by atoms with Crippen molar-refractivity contribution < 1.29 is 9.47 Å². The average Bonchev–Trinajstić information content (AvgIpc) is 3.18. The molecule has 0 aliphatic heterocycles. The number of fused-ring (bicyclic) bond motifs is 3. The summed E-state index contributed by atoms with van der Waals surface area (Å²) in [6.45, 7) is 2.51. The van der Waals surface area contributed by atoms with E-state index in [1.54, 1.807) is 4.40 Å². The van der Waals surface area contributed by atoms with Crippen LogP contribution in [0.25, 0.3) is 22.1 Å². The zero-order valence-corrected chi connectivity index (χ0v) is 17.3. The van der Waals surface area contributed by atoms with Gasteiger partial charge in [-0.2, -0.15) is 0 Å². The van der Waals surface area contributed by atoms with E-state index >= 15 is 0 Å². The van der Waals surface area contributed by atoms with Gasteiger partial charge in [-0.3, -0.25) is 4.79 Å². The monoisotopic (exact) mass is 454 g/mol. The van der Waals surface area contributed by atoms with Crippen LogP contribution in [0.15, 0.2) is 45.7 Å². The number of rotatable bonds is 5. The van der Waals surface area contributed by atoms with Crippen molar-refractivity contribution in [2.24, 2.45) is 0 Å². The minimum absolute atomic E-state index is 0.0876. The highest BCUT2D eigenvalue weighted by atomic mass is 79.9. The summed E-state index contributed by atoms with van der Waals surface area (Å²) in [5.74, 6) is 3.56. The summed E-state index contributed by atoms with van der Waals surface area (Å²) in [7, 11) is 0. The van der Waals surface area contributed by atoms with Crippen LogP contribution < -0.4 is 19.6 Å². The summed E-state index contributed by atoms with van der Waals surface area (Å²) in [5.41, 5.74) is 2.35.